The minimum Gasteiger partial charge on any atom is -0.324 e. The molecule has 0 saturated heterocycles. The van der Waals surface area contributed by atoms with Crippen molar-refractivity contribution in [1.82, 2.24) is 15.0 Å². The zero-order valence-electron chi connectivity index (χ0n) is 26.1. The average Bonchev–Trinajstić information content (AvgIpc) is 3.02. The van der Waals surface area contributed by atoms with Crippen molar-refractivity contribution in [1.29, 1.82) is 0 Å². The van der Waals surface area contributed by atoms with Crippen molar-refractivity contribution in [3.8, 4) is 0 Å². The van der Waals surface area contributed by atoms with Crippen LogP contribution in [-0.4, -0.2) is 74.6 Å². The van der Waals surface area contributed by atoms with Crippen LogP contribution in [0.15, 0.2) is 97.7 Å². The topological polar surface area (TPSA) is 294 Å². The van der Waals surface area contributed by atoms with Crippen LogP contribution in [0.1, 0.15) is 5.56 Å². The molecule has 0 radical (unpaired) electrons. The molecule has 52 heavy (non-hydrogen) atoms. The molecule has 274 valence electrons. The maximum Gasteiger partial charge on any atom is 0.397 e. The summed E-state index contributed by atoms with van der Waals surface area (Å²) in [4.78, 5) is 10.6. The number of nitrogens with one attached hydrogen (secondary N) is 2. The molecule has 0 atom stereocenters. The number of hydrogen-bond acceptors (Lipinski definition) is 16. The van der Waals surface area contributed by atoms with Gasteiger partial charge in [0.15, 0.2) is 9.84 Å². The van der Waals surface area contributed by atoms with E-state index in [0.29, 0.717) is 23.0 Å². The summed E-state index contributed by atoms with van der Waals surface area (Å²) in [6.45, 7) is 0.923. The molecule has 5 N–H and O–H groups in total. The molecule has 0 aliphatic carbocycles. The lowest BCUT2D eigenvalue weighted by Crippen LogP contribution is -2.15. The molecule has 0 amide bonds. The second-order valence-electron chi connectivity index (χ2n) is 10.6. The average molecular weight is 814 g/mol. The molecule has 0 aliphatic heterocycles. The molecule has 1 aromatic heterocycles. The molecular formula is C28H24ClN7O12S4. The Morgan fingerprint density at radius 2 is 1.40 bits per heavy atom. The first-order valence-electron chi connectivity index (χ1n) is 14.1. The molecule has 0 unspecified atom stereocenters. The van der Waals surface area contributed by atoms with E-state index in [1.54, 1.807) is 25.1 Å². The van der Waals surface area contributed by atoms with Gasteiger partial charge in [0.2, 0.25) is 17.2 Å². The lowest BCUT2D eigenvalue weighted by Gasteiger charge is -2.11. The highest BCUT2D eigenvalue weighted by Gasteiger charge is 2.21. The molecule has 0 bridgehead atoms. The van der Waals surface area contributed by atoms with Crippen molar-refractivity contribution in [2.45, 2.75) is 21.6 Å². The lowest BCUT2D eigenvalue weighted by molar-refractivity contribution is 0.284. The predicted octanol–water partition coefficient (Wildman–Crippen LogP) is 4.98. The SMILES string of the molecule is Cc1cc(Nc2nc(Cl)nc(Nc3cccc(S(=O)(=O)CCOS(=O)(=O)O)c3)n2)ccc1N=Nc1ccc2cc(S(=O)(=O)O)cc(S(=O)(=O)O)c2c1. The van der Waals surface area contributed by atoms with Crippen LogP contribution in [-0.2, 0) is 44.7 Å². The minimum atomic E-state index is -4.90. The summed E-state index contributed by atoms with van der Waals surface area (Å²) in [5.41, 5.74) is 1.90. The molecule has 0 aliphatic rings. The first kappa shape index (κ1) is 38.5. The number of benzene rings is 4. The van der Waals surface area contributed by atoms with Crippen molar-refractivity contribution in [3.63, 3.8) is 0 Å². The number of anilines is 4. The van der Waals surface area contributed by atoms with E-state index < -0.39 is 62.6 Å². The molecule has 1 heterocycles. The number of aryl methyl sites for hydroxylation is 1. The zero-order valence-corrected chi connectivity index (χ0v) is 30.1. The van der Waals surface area contributed by atoms with E-state index in [1.165, 1.54) is 42.5 Å². The molecule has 19 nitrogen and oxygen atoms in total. The Morgan fingerprint density at radius 3 is 2.02 bits per heavy atom. The summed E-state index contributed by atoms with van der Waals surface area (Å²) in [5.74, 6) is -0.785. The number of aromatic nitrogens is 3. The molecular weight excluding hydrogens is 790 g/mol. The fourth-order valence-electron chi connectivity index (χ4n) is 4.52. The second-order valence-corrected chi connectivity index (χ2v) is 16.9. The van der Waals surface area contributed by atoms with Crippen LogP contribution in [0, 0.1) is 6.92 Å². The van der Waals surface area contributed by atoms with Crippen molar-refractivity contribution in [2.75, 3.05) is 23.0 Å². The molecule has 0 fully saturated rings. The predicted molar refractivity (Wildman–Crippen MR) is 186 cm³/mol. The maximum absolute atomic E-state index is 12.6. The van der Waals surface area contributed by atoms with E-state index >= 15 is 0 Å². The molecule has 0 spiro atoms. The first-order chi connectivity index (χ1) is 24.2. The van der Waals surface area contributed by atoms with E-state index in [9.17, 15) is 42.8 Å². The fourth-order valence-corrected chi connectivity index (χ4v) is 7.56. The third-order valence-electron chi connectivity index (χ3n) is 6.82. The van der Waals surface area contributed by atoms with Crippen LogP contribution in [0.3, 0.4) is 0 Å². The molecule has 5 aromatic rings. The van der Waals surface area contributed by atoms with Crippen molar-refractivity contribution >= 4 is 97.5 Å². The normalized spacial score (nSPS) is 12.7. The monoisotopic (exact) mass is 813 g/mol. The van der Waals surface area contributed by atoms with Gasteiger partial charge in [0, 0.05) is 16.8 Å². The minimum absolute atomic E-state index is 0.00497. The Hall–Kier alpha value is -4.72. The van der Waals surface area contributed by atoms with Gasteiger partial charge in [0.05, 0.1) is 33.5 Å². The summed E-state index contributed by atoms with van der Waals surface area (Å²) in [7, 11) is -18.5. The number of nitrogens with zero attached hydrogens (tertiary/aromatic N) is 5. The molecule has 4 aromatic carbocycles. The van der Waals surface area contributed by atoms with Gasteiger partial charge in [-0.05, 0) is 90.1 Å². The third kappa shape index (κ3) is 9.99. The Labute approximate surface area is 301 Å². The fraction of sp³-hybridized carbons (Fsp3) is 0.107. The number of halogens is 1. The highest BCUT2D eigenvalue weighted by Crippen LogP contribution is 2.32. The second kappa shape index (κ2) is 14.7. The Morgan fingerprint density at radius 1 is 0.731 bits per heavy atom. The quantitative estimate of drug-likeness (QED) is 0.0773. The van der Waals surface area contributed by atoms with Crippen LogP contribution < -0.4 is 10.6 Å². The van der Waals surface area contributed by atoms with E-state index in [-0.39, 0.29) is 44.2 Å². The summed E-state index contributed by atoms with van der Waals surface area (Å²) in [5, 5.41) is 13.9. The van der Waals surface area contributed by atoms with Gasteiger partial charge in [-0.15, -0.1) is 0 Å². The Balaban J connectivity index is 1.32. The molecule has 24 heteroatoms. The van der Waals surface area contributed by atoms with Crippen LogP contribution >= 0.6 is 11.6 Å². The summed E-state index contributed by atoms with van der Waals surface area (Å²) < 4.78 is 126. The number of hydrogen-bond donors (Lipinski definition) is 5. The van der Waals surface area contributed by atoms with E-state index in [0.717, 1.165) is 6.07 Å². The third-order valence-corrected chi connectivity index (χ3v) is 10.9. The highest BCUT2D eigenvalue weighted by molar-refractivity contribution is 7.91. The summed E-state index contributed by atoms with van der Waals surface area (Å²) >= 11 is 6.10. The van der Waals surface area contributed by atoms with Crippen LogP contribution in [0.4, 0.5) is 34.6 Å². The largest absolute Gasteiger partial charge is 0.397 e. The van der Waals surface area contributed by atoms with Gasteiger partial charge in [-0.2, -0.15) is 50.4 Å². The lowest BCUT2D eigenvalue weighted by atomic mass is 10.1. The van der Waals surface area contributed by atoms with Crippen molar-refractivity contribution in [2.24, 2.45) is 10.2 Å². The van der Waals surface area contributed by atoms with Gasteiger partial charge >= 0.3 is 10.4 Å². The zero-order chi connectivity index (χ0) is 38.1. The Bertz CT molecular complexity index is 2700. The van der Waals surface area contributed by atoms with Crippen LogP contribution in [0.2, 0.25) is 5.28 Å². The highest BCUT2D eigenvalue weighted by atomic mass is 35.5. The number of azo groups is 1. The van der Waals surface area contributed by atoms with Crippen molar-refractivity contribution in [3.05, 3.63) is 83.6 Å². The first-order valence-corrected chi connectivity index (χ1v) is 20.4. The molecule has 0 saturated carbocycles. The van der Waals surface area contributed by atoms with Crippen LogP contribution in [0.25, 0.3) is 10.8 Å². The van der Waals surface area contributed by atoms with Gasteiger partial charge in [0.1, 0.15) is 4.90 Å². The number of fused-ring (bicyclic) bond motifs is 1. The van der Waals surface area contributed by atoms with Gasteiger partial charge < -0.3 is 10.6 Å². The summed E-state index contributed by atoms with van der Waals surface area (Å²) in [6, 6.07) is 16.0. The standard InChI is InChI=1S/C28H24ClN7O12S4/c1-16-11-19(7-8-24(16)36-35-20-6-5-17-12-22(50(39,40)41)15-25(23(17)14-20)51(42,43)44)31-28-33-26(29)32-27(34-28)30-18-3-2-4-21(13-18)49(37,38)10-9-48-52(45,46)47/h2-8,11-15H,9-10H2,1H3,(H,39,40,41)(H,42,43,44)(H,45,46,47)(H2,30,31,32,33,34). The molecule has 5 rings (SSSR count). The van der Waals surface area contributed by atoms with Gasteiger partial charge in [-0.1, -0.05) is 12.1 Å². The van der Waals surface area contributed by atoms with Gasteiger partial charge in [-0.25, -0.2) is 12.6 Å². The van der Waals surface area contributed by atoms with Gasteiger partial charge in [0.25, 0.3) is 20.2 Å². The van der Waals surface area contributed by atoms with Gasteiger partial charge in [-0.3, -0.25) is 13.7 Å². The van der Waals surface area contributed by atoms with E-state index in [2.05, 4.69) is 40.0 Å². The maximum atomic E-state index is 12.6. The van der Waals surface area contributed by atoms with Crippen molar-refractivity contribution < 1.29 is 51.5 Å². The van der Waals surface area contributed by atoms with E-state index in [1.807, 2.05) is 0 Å². The van der Waals surface area contributed by atoms with E-state index in [4.69, 9.17) is 16.2 Å². The summed E-state index contributed by atoms with van der Waals surface area (Å²) in [6.07, 6.45) is 0. The Kier molecular flexibility index (Phi) is 10.9. The number of sulfone groups is 1. The smallest absolute Gasteiger partial charge is 0.324 e. The number of rotatable bonds is 13. The van der Waals surface area contributed by atoms with Crippen LogP contribution in [0.5, 0.6) is 0 Å².